The monoisotopic (exact) mass is 405 g/mol. The molecule has 3 aliphatic carbocycles. The topological polar surface area (TPSA) is 12.0 Å². The minimum atomic E-state index is -1.83. The molecular weight excluding hydrogens is 366 g/mol. The van der Waals surface area contributed by atoms with Gasteiger partial charge in [0, 0.05) is 11.5 Å². The molecule has 0 aliphatic heterocycles. The molecule has 0 heterocycles. The van der Waals surface area contributed by atoms with Crippen molar-refractivity contribution in [1.29, 1.82) is 0 Å². The summed E-state index contributed by atoms with van der Waals surface area (Å²) in [6.45, 7) is 21.7. The second kappa shape index (κ2) is 6.31. The summed E-state index contributed by atoms with van der Waals surface area (Å²) >= 11 is 0. The predicted molar refractivity (Wildman–Crippen MR) is 129 cm³/mol. The third-order valence-corrected chi connectivity index (χ3v) is 10.6. The third-order valence-electron chi connectivity index (χ3n) is 7.29. The van der Waals surface area contributed by atoms with Gasteiger partial charge in [-0.1, -0.05) is 77.2 Å². The molecule has 3 aliphatic rings. The zero-order valence-electron chi connectivity index (χ0n) is 20.0. The highest BCUT2D eigenvalue weighted by Crippen LogP contribution is 2.55. The molecule has 1 fully saturated rings. The fourth-order valence-electron chi connectivity index (χ4n) is 6.07. The summed E-state index contributed by atoms with van der Waals surface area (Å²) in [7, 11) is -1.83. The van der Waals surface area contributed by atoms with E-state index in [0.717, 1.165) is 0 Å². The Morgan fingerprint density at radius 3 is 2.03 bits per heavy atom. The SMILES string of the molecule is CC(C)(C)N[Si](C)(C)C1=c2ccccc2=C2C=C3C(=CC21)C(C)(C)CCC3(C)C. The molecule has 1 saturated carbocycles. The lowest BCUT2D eigenvalue weighted by atomic mass is 9.58. The summed E-state index contributed by atoms with van der Waals surface area (Å²) < 4.78 is 0. The molecule has 1 unspecified atom stereocenters. The summed E-state index contributed by atoms with van der Waals surface area (Å²) in [6.07, 6.45) is 7.80. The molecule has 1 N–H and O–H groups in total. The van der Waals surface area contributed by atoms with Gasteiger partial charge in [0.2, 0.25) is 0 Å². The van der Waals surface area contributed by atoms with Crippen LogP contribution in [0, 0.1) is 16.7 Å². The fourth-order valence-corrected chi connectivity index (χ4v) is 9.98. The highest BCUT2D eigenvalue weighted by Gasteiger charge is 2.45. The van der Waals surface area contributed by atoms with Crippen LogP contribution in [-0.4, -0.2) is 13.8 Å². The van der Waals surface area contributed by atoms with E-state index in [2.05, 4.69) is 103 Å². The summed E-state index contributed by atoms with van der Waals surface area (Å²) in [4.78, 5) is 4.06. The Morgan fingerprint density at radius 1 is 0.897 bits per heavy atom. The van der Waals surface area contributed by atoms with Crippen molar-refractivity contribution in [2.45, 2.75) is 79.9 Å². The van der Waals surface area contributed by atoms with E-state index >= 15 is 0 Å². The van der Waals surface area contributed by atoms with Crippen LogP contribution in [-0.2, 0) is 0 Å². The molecule has 1 atom stereocenters. The quantitative estimate of drug-likeness (QED) is 0.644. The van der Waals surface area contributed by atoms with Crippen LogP contribution < -0.4 is 15.4 Å². The zero-order chi connectivity index (χ0) is 21.4. The molecule has 0 saturated heterocycles. The van der Waals surface area contributed by atoms with E-state index in [-0.39, 0.29) is 16.4 Å². The molecule has 0 spiro atoms. The molecule has 29 heavy (non-hydrogen) atoms. The van der Waals surface area contributed by atoms with E-state index in [4.69, 9.17) is 0 Å². The number of hydrogen-bond donors (Lipinski definition) is 1. The van der Waals surface area contributed by atoms with E-state index in [9.17, 15) is 0 Å². The van der Waals surface area contributed by atoms with Gasteiger partial charge < -0.3 is 4.98 Å². The van der Waals surface area contributed by atoms with Gasteiger partial charge in [-0.2, -0.15) is 0 Å². The van der Waals surface area contributed by atoms with E-state index < -0.39 is 8.24 Å². The Kier molecular flexibility index (Phi) is 4.54. The summed E-state index contributed by atoms with van der Waals surface area (Å²) in [5.41, 5.74) is 5.36. The zero-order valence-corrected chi connectivity index (χ0v) is 21.0. The maximum atomic E-state index is 4.06. The van der Waals surface area contributed by atoms with Gasteiger partial charge in [-0.05, 0) is 76.8 Å². The summed E-state index contributed by atoms with van der Waals surface area (Å²) in [5.74, 6) is 0.427. The Labute approximate surface area is 178 Å². The Balaban J connectivity index is 1.99. The maximum Gasteiger partial charge on any atom is 0.149 e. The standard InChI is InChI=1S/C27H39NSi/c1-25(2,3)28-29(8,9)24-19-13-11-10-12-18(19)20-16-22-23(17-21(20)24)27(6,7)15-14-26(22,4)5/h10-13,16-17,21,28H,14-15H2,1-9H3. The van der Waals surface area contributed by atoms with Crippen molar-refractivity contribution in [3.63, 3.8) is 0 Å². The van der Waals surface area contributed by atoms with Crippen molar-refractivity contribution in [2.24, 2.45) is 16.7 Å². The van der Waals surface area contributed by atoms with Gasteiger partial charge in [0.05, 0.1) is 0 Å². The third kappa shape index (κ3) is 3.43. The average Bonchev–Trinajstić information content (AvgIpc) is 2.90. The second-order valence-corrected chi connectivity index (χ2v) is 16.3. The molecule has 156 valence electrons. The van der Waals surface area contributed by atoms with Crippen molar-refractivity contribution < 1.29 is 0 Å². The summed E-state index contributed by atoms with van der Waals surface area (Å²) in [5, 5.41) is 4.62. The molecule has 0 radical (unpaired) electrons. The number of rotatable bonds is 2. The smallest absolute Gasteiger partial charge is 0.149 e. The first-order chi connectivity index (χ1) is 13.2. The first kappa shape index (κ1) is 20.9. The van der Waals surface area contributed by atoms with Crippen LogP contribution in [0.3, 0.4) is 0 Å². The second-order valence-electron chi connectivity index (χ2n) is 12.3. The Morgan fingerprint density at radius 2 is 1.45 bits per heavy atom. The number of allylic oxidation sites excluding steroid dienone is 4. The van der Waals surface area contributed by atoms with Gasteiger partial charge in [0.15, 0.2) is 0 Å². The van der Waals surface area contributed by atoms with Gasteiger partial charge in [0.25, 0.3) is 0 Å². The normalized spacial score (nSPS) is 25.1. The molecule has 2 heteroatoms. The minimum absolute atomic E-state index is 0.120. The lowest BCUT2D eigenvalue weighted by Crippen LogP contribution is -2.57. The van der Waals surface area contributed by atoms with Crippen LogP contribution in [0.1, 0.15) is 61.3 Å². The van der Waals surface area contributed by atoms with Crippen LogP contribution >= 0.6 is 0 Å². The van der Waals surface area contributed by atoms with Crippen molar-refractivity contribution in [3.05, 3.63) is 58.0 Å². The largest absolute Gasteiger partial charge is 0.329 e. The van der Waals surface area contributed by atoms with Crippen molar-refractivity contribution in [3.8, 4) is 0 Å². The summed E-state index contributed by atoms with van der Waals surface area (Å²) in [6, 6.07) is 9.15. The highest BCUT2D eigenvalue weighted by molar-refractivity contribution is 6.91. The van der Waals surface area contributed by atoms with Crippen molar-refractivity contribution >= 4 is 19.0 Å². The van der Waals surface area contributed by atoms with E-state index in [1.54, 1.807) is 16.3 Å². The lowest BCUT2D eigenvalue weighted by molar-refractivity contribution is 0.258. The molecule has 1 aromatic carbocycles. The lowest BCUT2D eigenvalue weighted by Gasteiger charge is -2.47. The number of benzene rings is 1. The van der Waals surface area contributed by atoms with Gasteiger partial charge in [0.1, 0.15) is 8.24 Å². The Hall–Kier alpha value is -1.38. The van der Waals surface area contributed by atoms with Gasteiger partial charge >= 0.3 is 0 Å². The average molecular weight is 406 g/mol. The fraction of sp³-hybridized carbons (Fsp3) is 0.556. The number of fused-ring (bicyclic) bond motifs is 3. The molecular formula is C27H39NSi. The van der Waals surface area contributed by atoms with Crippen molar-refractivity contribution in [1.82, 2.24) is 4.98 Å². The first-order valence-corrected chi connectivity index (χ1v) is 14.3. The van der Waals surface area contributed by atoms with E-state index in [1.807, 2.05) is 0 Å². The van der Waals surface area contributed by atoms with Crippen LogP contribution in [0.5, 0.6) is 0 Å². The molecule has 4 rings (SSSR count). The van der Waals surface area contributed by atoms with Crippen LogP contribution in [0.4, 0.5) is 0 Å². The molecule has 0 amide bonds. The van der Waals surface area contributed by atoms with Crippen molar-refractivity contribution in [2.75, 3.05) is 0 Å². The maximum absolute atomic E-state index is 4.06. The molecule has 0 bridgehead atoms. The van der Waals surface area contributed by atoms with E-state index in [1.165, 1.54) is 28.9 Å². The molecule has 1 aromatic rings. The predicted octanol–water partition coefficient (Wildman–Crippen LogP) is 5.46. The Bertz CT molecular complexity index is 1040. The van der Waals surface area contributed by atoms with Gasteiger partial charge in [-0.15, -0.1) is 0 Å². The molecule has 1 nitrogen and oxygen atoms in total. The highest BCUT2D eigenvalue weighted by atomic mass is 28.3. The van der Waals surface area contributed by atoms with Gasteiger partial charge in [-0.25, -0.2) is 0 Å². The van der Waals surface area contributed by atoms with Crippen LogP contribution in [0.15, 0.2) is 47.6 Å². The van der Waals surface area contributed by atoms with Crippen LogP contribution in [0.2, 0.25) is 13.1 Å². The van der Waals surface area contributed by atoms with Gasteiger partial charge in [-0.3, -0.25) is 0 Å². The minimum Gasteiger partial charge on any atom is -0.329 e. The number of nitrogens with one attached hydrogen (secondary N) is 1. The molecule has 0 aromatic heterocycles. The van der Waals surface area contributed by atoms with E-state index in [0.29, 0.717) is 5.92 Å². The number of hydrogen-bond acceptors (Lipinski definition) is 1. The first-order valence-electron chi connectivity index (χ1n) is 11.3. The van der Waals surface area contributed by atoms with Crippen LogP contribution in [0.25, 0.3) is 10.8 Å².